The maximum atomic E-state index is 13.3. The molecule has 0 saturated carbocycles. The van der Waals surface area contributed by atoms with Crippen LogP contribution in [0.25, 0.3) is 0 Å². The second-order valence-corrected chi connectivity index (χ2v) is 5.04. The monoisotopic (exact) mass is 307 g/mol. The van der Waals surface area contributed by atoms with Gasteiger partial charge in [0, 0.05) is 12.0 Å². The highest BCUT2D eigenvalue weighted by Gasteiger charge is 2.06. The molecule has 0 saturated heterocycles. The third-order valence-corrected chi connectivity index (χ3v) is 3.40. The summed E-state index contributed by atoms with van der Waals surface area (Å²) in [5, 5.41) is 11.9. The van der Waals surface area contributed by atoms with E-state index in [1.54, 1.807) is 19.1 Å². The van der Waals surface area contributed by atoms with Crippen LogP contribution in [0.1, 0.15) is 18.1 Å². The van der Waals surface area contributed by atoms with Gasteiger partial charge in [-0.3, -0.25) is 0 Å². The first kappa shape index (κ1) is 15.3. The van der Waals surface area contributed by atoms with Crippen LogP contribution in [0.15, 0.2) is 47.6 Å². The molecule has 0 spiro atoms. The van der Waals surface area contributed by atoms with E-state index in [9.17, 15) is 4.39 Å². The Bertz CT molecular complexity index is 641. The molecule has 0 amide bonds. The smallest absolute Gasteiger partial charge is 0.142 e. The third kappa shape index (κ3) is 4.20. The molecule has 0 heterocycles. The summed E-state index contributed by atoms with van der Waals surface area (Å²) >= 11 is 5.87. The predicted molar refractivity (Wildman–Crippen MR) is 80.8 cm³/mol. The minimum atomic E-state index is -0.452. The molecule has 3 nitrogen and oxygen atoms in total. The second kappa shape index (κ2) is 7.09. The summed E-state index contributed by atoms with van der Waals surface area (Å²) in [5.41, 5.74) is 2.25. The highest BCUT2D eigenvalue weighted by molar-refractivity contribution is 6.31. The van der Waals surface area contributed by atoms with E-state index in [0.29, 0.717) is 23.4 Å². The van der Waals surface area contributed by atoms with Crippen LogP contribution in [0.4, 0.5) is 4.39 Å². The molecule has 0 fully saturated rings. The molecule has 0 unspecified atom stereocenters. The van der Waals surface area contributed by atoms with Gasteiger partial charge < -0.3 is 9.94 Å². The Balaban J connectivity index is 1.99. The number of benzene rings is 2. The Kier molecular flexibility index (Phi) is 5.17. The van der Waals surface area contributed by atoms with Crippen LogP contribution in [0, 0.1) is 5.82 Å². The molecule has 0 bridgehead atoms. The lowest BCUT2D eigenvalue weighted by molar-refractivity contribution is 0.305. The first-order chi connectivity index (χ1) is 10.1. The molecule has 0 atom stereocenters. The summed E-state index contributed by atoms with van der Waals surface area (Å²) in [5.74, 6) is 0.213. The molecule has 0 aliphatic carbocycles. The number of hydrogen-bond acceptors (Lipinski definition) is 3. The number of ether oxygens (including phenoxy) is 1. The Morgan fingerprint density at radius 1 is 1.24 bits per heavy atom. The quantitative estimate of drug-likeness (QED) is 0.504. The number of hydrogen-bond donors (Lipinski definition) is 1. The Morgan fingerprint density at radius 3 is 2.62 bits per heavy atom. The van der Waals surface area contributed by atoms with Gasteiger partial charge >= 0.3 is 0 Å². The van der Waals surface area contributed by atoms with Crippen molar-refractivity contribution in [3.05, 3.63) is 64.4 Å². The van der Waals surface area contributed by atoms with Gasteiger partial charge in [-0.25, -0.2) is 4.39 Å². The number of rotatable bonds is 5. The van der Waals surface area contributed by atoms with Crippen molar-refractivity contribution in [3.63, 3.8) is 0 Å². The molecule has 2 aromatic carbocycles. The van der Waals surface area contributed by atoms with Crippen LogP contribution in [-0.2, 0) is 13.0 Å². The lowest BCUT2D eigenvalue weighted by atomic mass is 10.1. The van der Waals surface area contributed by atoms with Gasteiger partial charge in [0.25, 0.3) is 0 Å². The third-order valence-electron chi connectivity index (χ3n) is 2.98. The molecule has 1 N–H and O–H groups in total. The lowest BCUT2D eigenvalue weighted by Gasteiger charge is -2.09. The molecule has 5 heteroatoms. The molecule has 2 aromatic rings. The summed E-state index contributed by atoms with van der Waals surface area (Å²) in [6, 6.07) is 12.0. The topological polar surface area (TPSA) is 41.8 Å². The molecule has 110 valence electrons. The fourth-order valence-corrected chi connectivity index (χ4v) is 2.04. The van der Waals surface area contributed by atoms with Crippen LogP contribution < -0.4 is 4.74 Å². The van der Waals surface area contributed by atoms with Gasteiger partial charge in [-0.05, 0) is 30.7 Å². The van der Waals surface area contributed by atoms with Gasteiger partial charge in [0.05, 0.1) is 10.7 Å². The maximum absolute atomic E-state index is 13.3. The van der Waals surface area contributed by atoms with E-state index in [4.69, 9.17) is 21.5 Å². The SMILES string of the molecule is C/C(Cc1ccc(OCc2cccc(F)c2Cl)cc1)=N/O. The fraction of sp³-hybridized carbons (Fsp3) is 0.188. The molecule has 21 heavy (non-hydrogen) atoms. The summed E-state index contributed by atoms with van der Waals surface area (Å²) in [6.45, 7) is 1.95. The van der Waals surface area contributed by atoms with Crippen LogP contribution >= 0.6 is 11.6 Å². The van der Waals surface area contributed by atoms with E-state index in [-0.39, 0.29) is 11.6 Å². The van der Waals surface area contributed by atoms with Gasteiger partial charge in [0.1, 0.15) is 18.2 Å². The summed E-state index contributed by atoms with van der Waals surface area (Å²) in [6.07, 6.45) is 0.576. The second-order valence-electron chi connectivity index (χ2n) is 4.66. The number of oxime groups is 1. The fourth-order valence-electron chi connectivity index (χ4n) is 1.86. The Labute approximate surface area is 127 Å². The van der Waals surface area contributed by atoms with Crippen molar-refractivity contribution in [3.8, 4) is 5.75 Å². The molecule has 0 aliphatic heterocycles. The maximum Gasteiger partial charge on any atom is 0.142 e. The zero-order chi connectivity index (χ0) is 15.2. The predicted octanol–water partition coefficient (Wildman–Crippen LogP) is 4.45. The number of nitrogens with zero attached hydrogens (tertiary/aromatic N) is 1. The van der Waals surface area contributed by atoms with Gasteiger partial charge in [0.2, 0.25) is 0 Å². The van der Waals surface area contributed by atoms with Crippen molar-refractivity contribution >= 4 is 17.3 Å². The summed E-state index contributed by atoms with van der Waals surface area (Å²) in [4.78, 5) is 0. The van der Waals surface area contributed by atoms with Crippen LogP contribution in [0.2, 0.25) is 5.02 Å². The summed E-state index contributed by atoms with van der Waals surface area (Å²) in [7, 11) is 0. The van der Waals surface area contributed by atoms with E-state index in [0.717, 1.165) is 5.56 Å². The number of halogens is 2. The zero-order valence-corrected chi connectivity index (χ0v) is 12.3. The normalized spacial score (nSPS) is 11.5. The van der Waals surface area contributed by atoms with E-state index >= 15 is 0 Å². The van der Waals surface area contributed by atoms with Gasteiger partial charge in [-0.1, -0.05) is 41.0 Å². The van der Waals surface area contributed by atoms with Crippen LogP contribution in [-0.4, -0.2) is 10.9 Å². The first-order valence-electron chi connectivity index (χ1n) is 6.42. The minimum absolute atomic E-state index is 0.0869. The average Bonchev–Trinajstić information content (AvgIpc) is 2.50. The largest absolute Gasteiger partial charge is 0.489 e. The molecule has 0 aliphatic rings. The lowest BCUT2D eigenvalue weighted by Crippen LogP contribution is -1.99. The van der Waals surface area contributed by atoms with Crippen LogP contribution in [0.5, 0.6) is 5.75 Å². The summed E-state index contributed by atoms with van der Waals surface area (Å²) < 4.78 is 18.9. The standard InChI is InChI=1S/C16H15ClFNO2/c1-11(19-20)9-12-5-7-14(8-6-12)21-10-13-3-2-4-15(18)16(13)17/h2-8,20H,9-10H2,1H3/b19-11-. The van der Waals surface area contributed by atoms with Crippen molar-refractivity contribution in [1.82, 2.24) is 0 Å². The van der Waals surface area contributed by atoms with E-state index < -0.39 is 5.82 Å². The van der Waals surface area contributed by atoms with Crippen molar-refractivity contribution in [2.45, 2.75) is 20.0 Å². The molecule has 0 aromatic heterocycles. The Morgan fingerprint density at radius 2 is 1.95 bits per heavy atom. The highest BCUT2D eigenvalue weighted by Crippen LogP contribution is 2.22. The van der Waals surface area contributed by atoms with Gasteiger partial charge in [-0.2, -0.15) is 0 Å². The zero-order valence-electron chi connectivity index (χ0n) is 11.5. The van der Waals surface area contributed by atoms with E-state index in [1.165, 1.54) is 6.07 Å². The van der Waals surface area contributed by atoms with Crippen molar-refractivity contribution < 1.29 is 14.3 Å². The van der Waals surface area contributed by atoms with Crippen molar-refractivity contribution in [2.24, 2.45) is 5.16 Å². The van der Waals surface area contributed by atoms with Gasteiger partial charge in [0.15, 0.2) is 0 Å². The first-order valence-corrected chi connectivity index (χ1v) is 6.80. The average molecular weight is 308 g/mol. The van der Waals surface area contributed by atoms with Crippen molar-refractivity contribution in [1.29, 1.82) is 0 Å². The minimum Gasteiger partial charge on any atom is -0.489 e. The van der Waals surface area contributed by atoms with Crippen LogP contribution in [0.3, 0.4) is 0 Å². The molecular formula is C16H15ClFNO2. The van der Waals surface area contributed by atoms with Crippen molar-refractivity contribution in [2.75, 3.05) is 0 Å². The molecule has 0 radical (unpaired) electrons. The molecule has 2 rings (SSSR count). The van der Waals surface area contributed by atoms with E-state index in [2.05, 4.69) is 5.16 Å². The highest BCUT2D eigenvalue weighted by atomic mass is 35.5. The molecular weight excluding hydrogens is 293 g/mol. The Hall–Kier alpha value is -2.07. The van der Waals surface area contributed by atoms with E-state index in [1.807, 2.05) is 24.3 Å². The van der Waals surface area contributed by atoms with Gasteiger partial charge in [-0.15, -0.1) is 0 Å².